The molecule has 1 aromatic carbocycles. The zero-order chi connectivity index (χ0) is 15.2. The minimum Gasteiger partial charge on any atom is -0.338 e. The third kappa shape index (κ3) is 4.64. The van der Waals surface area contributed by atoms with Crippen LogP contribution in [0, 0.1) is 5.41 Å². The largest absolute Gasteiger partial charge is 0.338 e. The fourth-order valence-electron chi connectivity index (χ4n) is 2.17. The van der Waals surface area contributed by atoms with Crippen molar-refractivity contribution in [2.45, 2.75) is 40.5 Å². The summed E-state index contributed by atoms with van der Waals surface area (Å²) < 4.78 is 0. The van der Waals surface area contributed by atoms with Crippen LogP contribution in [-0.4, -0.2) is 30.4 Å². The van der Waals surface area contributed by atoms with E-state index in [-0.39, 0.29) is 11.3 Å². The van der Waals surface area contributed by atoms with Crippen molar-refractivity contribution in [2.75, 3.05) is 19.6 Å². The molecule has 3 heteroatoms. The fourth-order valence-corrected chi connectivity index (χ4v) is 2.17. The van der Waals surface area contributed by atoms with Gasteiger partial charge >= 0.3 is 0 Å². The molecular formula is C17H28N2O. The van der Waals surface area contributed by atoms with E-state index in [1.807, 2.05) is 29.2 Å². The van der Waals surface area contributed by atoms with Gasteiger partial charge in [-0.05, 0) is 42.5 Å². The third-order valence-corrected chi connectivity index (χ3v) is 3.56. The lowest BCUT2D eigenvalue weighted by Gasteiger charge is -2.31. The molecule has 0 saturated carbocycles. The van der Waals surface area contributed by atoms with Crippen LogP contribution in [0.1, 0.15) is 50.0 Å². The lowest BCUT2D eigenvalue weighted by molar-refractivity contribution is 0.0689. The molecule has 0 heterocycles. The molecule has 3 nitrogen and oxygen atoms in total. The van der Waals surface area contributed by atoms with Crippen LogP contribution < -0.4 is 5.73 Å². The zero-order valence-electron chi connectivity index (χ0n) is 13.3. The molecule has 0 radical (unpaired) electrons. The molecule has 1 aromatic rings. The summed E-state index contributed by atoms with van der Waals surface area (Å²) in [5.74, 6) is 0.107. The Kier molecular flexibility index (Phi) is 6.21. The van der Waals surface area contributed by atoms with Crippen LogP contribution in [0.2, 0.25) is 0 Å². The molecule has 0 saturated heterocycles. The Labute approximate surface area is 123 Å². The summed E-state index contributed by atoms with van der Waals surface area (Å²) in [6.45, 7) is 10.5. The number of hydrogen-bond acceptors (Lipinski definition) is 2. The highest BCUT2D eigenvalue weighted by Crippen LogP contribution is 2.17. The smallest absolute Gasteiger partial charge is 0.253 e. The number of carbonyl (C=O) groups excluding carboxylic acids is 1. The number of aryl methyl sites for hydroxylation is 1. The van der Waals surface area contributed by atoms with Crippen LogP contribution in [0.25, 0.3) is 0 Å². The Balaban J connectivity index is 2.87. The Morgan fingerprint density at radius 1 is 1.20 bits per heavy atom. The fraction of sp³-hybridized carbons (Fsp3) is 0.588. The number of carbonyl (C=O) groups is 1. The highest BCUT2D eigenvalue weighted by Gasteiger charge is 2.23. The van der Waals surface area contributed by atoms with E-state index in [4.69, 9.17) is 5.73 Å². The molecule has 0 fully saturated rings. The predicted octanol–water partition coefficient (Wildman–Crippen LogP) is 3.09. The van der Waals surface area contributed by atoms with Crippen molar-refractivity contribution in [3.8, 4) is 0 Å². The summed E-state index contributed by atoms with van der Waals surface area (Å²) in [7, 11) is 0. The van der Waals surface area contributed by atoms with Gasteiger partial charge in [-0.25, -0.2) is 0 Å². The van der Waals surface area contributed by atoms with Gasteiger partial charge in [-0.3, -0.25) is 4.79 Å². The maximum absolute atomic E-state index is 12.6. The molecule has 0 atom stereocenters. The summed E-state index contributed by atoms with van der Waals surface area (Å²) in [6, 6.07) is 7.93. The van der Waals surface area contributed by atoms with Crippen molar-refractivity contribution in [3.05, 3.63) is 35.4 Å². The van der Waals surface area contributed by atoms with Crippen LogP contribution in [0.3, 0.4) is 0 Å². The molecule has 0 aromatic heterocycles. The normalized spacial score (nSPS) is 11.4. The lowest BCUT2D eigenvalue weighted by atomic mass is 9.92. The monoisotopic (exact) mass is 276 g/mol. The van der Waals surface area contributed by atoms with Gasteiger partial charge in [-0.2, -0.15) is 0 Å². The number of rotatable bonds is 7. The zero-order valence-corrected chi connectivity index (χ0v) is 13.3. The summed E-state index contributed by atoms with van der Waals surface area (Å²) in [4.78, 5) is 14.5. The molecule has 0 unspecified atom stereocenters. The molecular weight excluding hydrogens is 248 g/mol. The molecule has 2 N–H and O–H groups in total. The number of benzene rings is 1. The van der Waals surface area contributed by atoms with Gasteiger partial charge in [0.05, 0.1) is 0 Å². The second kappa shape index (κ2) is 7.44. The minimum absolute atomic E-state index is 0.0474. The number of nitrogens with zero attached hydrogens (tertiary/aromatic N) is 1. The molecule has 0 aliphatic carbocycles. The van der Waals surface area contributed by atoms with Gasteiger partial charge in [0, 0.05) is 18.7 Å². The molecule has 112 valence electrons. The van der Waals surface area contributed by atoms with Crippen LogP contribution in [-0.2, 0) is 6.42 Å². The Morgan fingerprint density at radius 3 is 2.25 bits per heavy atom. The highest BCUT2D eigenvalue weighted by atomic mass is 16.2. The quantitative estimate of drug-likeness (QED) is 0.832. The van der Waals surface area contributed by atoms with Crippen molar-refractivity contribution in [1.29, 1.82) is 0 Å². The average Bonchev–Trinajstić information content (AvgIpc) is 2.46. The SMILES string of the molecule is CCCN(CC(C)(C)CN)C(=O)c1ccc(CC)cc1. The second-order valence-electron chi connectivity index (χ2n) is 6.15. The second-order valence-corrected chi connectivity index (χ2v) is 6.15. The van der Waals surface area contributed by atoms with Crippen molar-refractivity contribution < 1.29 is 4.79 Å². The molecule has 1 amide bonds. The van der Waals surface area contributed by atoms with E-state index in [0.717, 1.165) is 24.9 Å². The van der Waals surface area contributed by atoms with Gasteiger partial charge in [0.1, 0.15) is 0 Å². The lowest BCUT2D eigenvalue weighted by Crippen LogP contribution is -2.42. The third-order valence-electron chi connectivity index (χ3n) is 3.56. The topological polar surface area (TPSA) is 46.3 Å². The molecule has 0 spiro atoms. The summed E-state index contributed by atoms with van der Waals surface area (Å²) in [5, 5.41) is 0. The van der Waals surface area contributed by atoms with Crippen LogP contribution in [0.4, 0.5) is 0 Å². The van der Waals surface area contributed by atoms with E-state index in [1.165, 1.54) is 5.56 Å². The van der Waals surface area contributed by atoms with Crippen LogP contribution in [0.15, 0.2) is 24.3 Å². The molecule has 0 aliphatic rings. The van der Waals surface area contributed by atoms with Gasteiger partial charge in [-0.15, -0.1) is 0 Å². The maximum atomic E-state index is 12.6. The Hall–Kier alpha value is -1.35. The van der Waals surface area contributed by atoms with Gasteiger partial charge in [0.15, 0.2) is 0 Å². The predicted molar refractivity (Wildman–Crippen MR) is 84.8 cm³/mol. The van der Waals surface area contributed by atoms with Crippen LogP contribution in [0.5, 0.6) is 0 Å². The first-order chi connectivity index (χ1) is 9.43. The Bertz CT molecular complexity index is 423. The van der Waals surface area contributed by atoms with Crippen molar-refractivity contribution in [3.63, 3.8) is 0 Å². The number of hydrogen-bond donors (Lipinski definition) is 1. The van der Waals surface area contributed by atoms with Crippen molar-refractivity contribution in [2.24, 2.45) is 11.1 Å². The van der Waals surface area contributed by atoms with E-state index in [0.29, 0.717) is 13.1 Å². The summed E-state index contributed by atoms with van der Waals surface area (Å²) >= 11 is 0. The first-order valence-corrected chi connectivity index (χ1v) is 7.51. The van der Waals surface area contributed by atoms with Gasteiger partial charge in [0.25, 0.3) is 5.91 Å². The first kappa shape index (κ1) is 16.7. The first-order valence-electron chi connectivity index (χ1n) is 7.51. The molecule has 0 aliphatic heterocycles. The van der Waals surface area contributed by atoms with E-state index in [9.17, 15) is 4.79 Å². The summed E-state index contributed by atoms with van der Waals surface area (Å²) in [6.07, 6.45) is 1.95. The number of nitrogens with two attached hydrogens (primary N) is 1. The minimum atomic E-state index is -0.0474. The van der Waals surface area contributed by atoms with E-state index in [1.54, 1.807) is 0 Å². The van der Waals surface area contributed by atoms with E-state index < -0.39 is 0 Å². The maximum Gasteiger partial charge on any atom is 0.253 e. The van der Waals surface area contributed by atoms with E-state index in [2.05, 4.69) is 27.7 Å². The number of amides is 1. The van der Waals surface area contributed by atoms with Gasteiger partial charge < -0.3 is 10.6 Å². The summed E-state index contributed by atoms with van der Waals surface area (Å²) in [5.41, 5.74) is 7.76. The van der Waals surface area contributed by atoms with Gasteiger partial charge in [0.2, 0.25) is 0 Å². The Morgan fingerprint density at radius 2 is 1.80 bits per heavy atom. The van der Waals surface area contributed by atoms with Crippen LogP contribution >= 0.6 is 0 Å². The molecule has 20 heavy (non-hydrogen) atoms. The highest BCUT2D eigenvalue weighted by molar-refractivity contribution is 5.94. The average molecular weight is 276 g/mol. The van der Waals surface area contributed by atoms with Crippen molar-refractivity contribution in [1.82, 2.24) is 4.90 Å². The standard InChI is InChI=1S/C17H28N2O/c1-5-11-19(13-17(3,4)12-18)16(20)15-9-7-14(6-2)8-10-15/h7-10H,5-6,11-13,18H2,1-4H3. The molecule has 1 rings (SSSR count). The molecule has 0 bridgehead atoms. The van der Waals surface area contributed by atoms with Gasteiger partial charge in [-0.1, -0.05) is 39.8 Å². The van der Waals surface area contributed by atoms with E-state index >= 15 is 0 Å². The van der Waals surface area contributed by atoms with Crippen molar-refractivity contribution >= 4 is 5.91 Å².